The van der Waals surface area contributed by atoms with E-state index in [0.717, 1.165) is 24.2 Å². The van der Waals surface area contributed by atoms with Crippen molar-refractivity contribution >= 4 is 17.5 Å². The molecule has 0 aromatic heterocycles. The summed E-state index contributed by atoms with van der Waals surface area (Å²) in [6.07, 6.45) is 1.90. The molecule has 29 heavy (non-hydrogen) atoms. The molecule has 2 aromatic rings. The maximum atomic E-state index is 13.1. The molecular formula is C23H27N3O3. The smallest absolute Gasteiger partial charge is 0.265 e. The number of amides is 2. The summed E-state index contributed by atoms with van der Waals surface area (Å²) in [6.45, 7) is 3.38. The molecule has 6 nitrogen and oxygen atoms in total. The number of carbonyl (C=O) groups is 2. The van der Waals surface area contributed by atoms with E-state index in [2.05, 4.69) is 12.2 Å². The lowest BCUT2D eigenvalue weighted by molar-refractivity contribution is -0.122. The summed E-state index contributed by atoms with van der Waals surface area (Å²) >= 11 is 0. The Labute approximate surface area is 171 Å². The van der Waals surface area contributed by atoms with Crippen LogP contribution in [0.2, 0.25) is 0 Å². The fourth-order valence-electron chi connectivity index (χ4n) is 4.19. The van der Waals surface area contributed by atoms with Gasteiger partial charge < -0.3 is 20.7 Å². The molecule has 0 radical (unpaired) electrons. The van der Waals surface area contributed by atoms with Gasteiger partial charge in [0.15, 0.2) is 6.10 Å². The van der Waals surface area contributed by atoms with Crippen LogP contribution < -0.4 is 15.8 Å². The number of fused-ring (bicyclic) bond motifs is 1. The molecule has 4 rings (SSSR count). The molecule has 2 amide bonds. The summed E-state index contributed by atoms with van der Waals surface area (Å²) in [5.74, 6) is 1.09. The van der Waals surface area contributed by atoms with Crippen LogP contribution in [0.25, 0.3) is 0 Å². The van der Waals surface area contributed by atoms with E-state index in [1.54, 1.807) is 24.3 Å². The summed E-state index contributed by atoms with van der Waals surface area (Å²) < 4.78 is 5.75. The van der Waals surface area contributed by atoms with Crippen molar-refractivity contribution in [3.05, 3.63) is 59.7 Å². The first-order chi connectivity index (χ1) is 14.0. The zero-order chi connectivity index (χ0) is 20.4. The third-order valence-electron chi connectivity index (χ3n) is 5.83. The first kappa shape index (κ1) is 19.5. The molecule has 2 aliphatic heterocycles. The Balaban J connectivity index is 1.44. The van der Waals surface area contributed by atoms with Gasteiger partial charge in [-0.1, -0.05) is 31.2 Å². The Morgan fingerprint density at radius 1 is 1.21 bits per heavy atom. The van der Waals surface area contributed by atoms with Crippen LogP contribution in [0.5, 0.6) is 5.75 Å². The number of benzene rings is 2. The van der Waals surface area contributed by atoms with Crippen molar-refractivity contribution in [2.45, 2.75) is 38.3 Å². The Hall–Kier alpha value is -2.86. The van der Waals surface area contributed by atoms with Crippen molar-refractivity contribution in [3.63, 3.8) is 0 Å². The number of para-hydroxylation sites is 1. The van der Waals surface area contributed by atoms with Gasteiger partial charge in [-0.15, -0.1) is 0 Å². The zero-order valence-electron chi connectivity index (χ0n) is 16.6. The maximum absolute atomic E-state index is 13.1. The van der Waals surface area contributed by atoms with Gasteiger partial charge in [-0.2, -0.15) is 0 Å². The monoisotopic (exact) mass is 393 g/mol. The number of nitrogens with zero attached hydrogens (tertiary/aromatic N) is 1. The highest BCUT2D eigenvalue weighted by atomic mass is 16.5. The molecule has 0 saturated carbocycles. The zero-order valence-corrected chi connectivity index (χ0v) is 16.6. The van der Waals surface area contributed by atoms with E-state index in [1.807, 2.05) is 29.2 Å². The topological polar surface area (TPSA) is 84.7 Å². The maximum Gasteiger partial charge on any atom is 0.265 e. The first-order valence-corrected chi connectivity index (χ1v) is 10.2. The van der Waals surface area contributed by atoms with E-state index in [9.17, 15) is 9.59 Å². The molecule has 2 heterocycles. The minimum absolute atomic E-state index is 0.0343. The van der Waals surface area contributed by atoms with Gasteiger partial charge in [0.25, 0.3) is 11.8 Å². The molecule has 1 fully saturated rings. The molecule has 0 bridgehead atoms. The number of anilines is 1. The predicted molar refractivity (Wildman–Crippen MR) is 112 cm³/mol. The number of hydrogen-bond acceptors (Lipinski definition) is 4. The number of ether oxygens (including phenoxy) is 1. The molecule has 3 N–H and O–H groups in total. The number of rotatable bonds is 4. The quantitative estimate of drug-likeness (QED) is 0.837. The molecule has 3 unspecified atom stereocenters. The number of likely N-dealkylation sites (tertiary alicyclic amines) is 1. The van der Waals surface area contributed by atoms with Crippen molar-refractivity contribution in [3.8, 4) is 5.75 Å². The van der Waals surface area contributed by atoms with E-state index < -0.39 is 6.10 Å². The van der Waals surface area contributed by atoms with Gasteiger partial charge in [0.1, 0.15) is 5.75 Å². The van der Waals surface area contributed by atoms with Gasteiger partial charge in [-0.3, -0.25) is 9.59 Å². The SMILES string of the molecule is CC1CCN(C(=O)c2cccc(NC(=O)C3Cc4ccccc4O3)c2)C(CN)C1. The van der Waals surface area contributed by atoms with Crippen LogP contribution >= 0.6 is 0 Å². The van der Waals surface area contributed by atoms with Crippen LogP contribution in [0, 0.1) is 5.92 Å². The van der Waals surface area contributed by atoms with Gasteiger partial charge >= 0.3 is 0 Å². The summed E-state index contributed by atoms with van der Waals surface area (Å²) in [7, 11) is 0. The van der Waals surface area contributed by atoms with E-state index in [4.69, 9.17) is 10.5 Å². The highest BCUT2D eigenvalue weighted by Crippen LogP contribution is 2.29. The second-order valence-corrected chi connectivity index (χ2v) is 8.01. The molecule has 0 spiro atoms. The van der Waals surface area contributed by atoms with E-state index in [-0.39, 0.29) is 17.9 Å². The van der Waals surface area contributed by atoms with Crippen LogP contribution in [0.3, 0.4) is 0 Å². The molecule has 2 aromatic carbocycles. The standard InChI is InChI=1S/C23H27N3O3/c1-15-9-10-26(19(11-15)14-24)23(28)17-6-4-7-18(12-17)25-22(27)21-13-16-5-2-3-8-20(16)29-21/h2-8,12,15,19,21H,9-11,13-14,24H2,1H3,(H,25,27). The van der Waals surface area contributed by atoms with E-state index in [0.29, 0.717) is 36.7 Å². The molecule has 3 atom stereocenters. The van der Waals surface area contributed by atoms with Gasteiger partial charge in [0.05, 0.1) is 0 Å². The first-order valence-electron chi connectivity index (χ1n) is 10.2. The number of piperidine rings is 1. The molecule has 0 aliphatic carbocycles. The van der Waals surface area contributed by atoms with Crippen LogP contribution in [-0.2, 0) is 11.2 Å². The van der Waals surface area contributed by atoms with Gasteiger partial charge in [-0.05, 0) is 48.6 Å². The highest BCUT2D eigenvalue weighted by molar-refractivity contribution is 5.98. The predicted octanol–water partition coefficient (Wildman–Crippen LogP) is 2.83. The number of carbonyl (C=O) groups excluding carboxylic acids is 2. The third kappa shape index (κ3) is 4.12. The minimum atomic E-state index is -0.558. The Bertz CT molecular complexity index is 889. The lowest BCUT2D eigenvalue weighted by Crippen LogP contribution is -2.49. The molecule has 1 saturated heterocycles. The van der Waals surface area contributed by atoms with Crippen molar-refractivity contribution < 1.29 is 14.3 Å². The van der Waals surface area contributed by atoms with Crippen molar-refractivity contribution in [2.75, 3.05) is 18.4 Å². The normalized spacial score (nSPS) is 23.2. The van der Waals surface area contributed by atoms with Gasteiger partial charge in [0.2, 0.25) is 0 Å². The van der Waals surface area contributed by atoms with Crippen molar-refractivity contribution in [1.29, 1.82) is 0 Å². The summed E-state index contributed by atoms with van der Waals surface area (Å²) in [4.78, 5) is 27.6. The second-order valence-electron chi connectivity index (χ2n) is 8.01. The van der Waals surface area contributed by atoms with E-state index >= 15 is 0 Å². The van der Waals surface area contributed by atoms with E-state index in [1.165, 1.54) is 0 Å². The molecule has 6 heteroatoms. The Morgan fingerprint density at radius 3 is 2.83 bits per heavy atom. The van der Waals surface area contributed by atoms with Crippen LogP contribution in [0.15, 0.2) is 48.5 Å². The number of nitrogens with two attached hydrogens (primary N) is 1. The fourth-order valence-corrected chi connectivity index (χ4v) is 4.19. The van der Waals surface area contributed by atoms with Crippen molar-refractivity contribution in [2.24, 2.45) is 11.7 Å². The molecule has 152 valence electrons. The second kappa shape index (κ2) is 8.25. The summed E-state index contributed by atoms with van der Waals surface area (Å²) in [5.41, 5.74) is 8.09. The molecule has 2 aliphatic rings. The lowest BCUT2D eigenvalue weighted by Gasteiger charge is -2.38. The lowest BCUT2D eigenvalue weighted by atomic mass is 9.92. The summed E-state index contributed by atoms with van der Waals surface area (Å²) in [5, 5.41) is 2.89. The largest absolute Gasteiger partial charge is 0.480 e. The van der Waals surface area contributed by atoms with Gasteiger partial charge in [-0.25, -0.2) is 0 Å². The van der Waals surface area contributed by atoms with Gasteiger partial charge in [0, 0.05) is 36.8 Å². The number of hydrogen-bond donors (Lipinski definition) is 2. The Morgan fingerprint density at radius 2 is 2.03 bits per heavy atom. The third-order valence-corrected chi connectivity index (χ3v) is 5.83. The highest BCUT2D eigenvalue weighted by Gasteiger charge is 2.31. The summed E-state index contributed by atoms with van der Waals surface area (Å²) in [6, 6.07) is 14.8. The molecular weight excluding hydrogens is 366 g/mol. The average Bonchev–Trinajstić information content (AvgIpc) is 3.18. The van der Waals surface area contributed by atoms with Crippen LogP contribution in [0.1, 0.15) is 35.7 Å². The van der Waals surface area contributed by atoms with Crippen LogP contribution in [0.4, 0.5) is 5.69 Å². The van der Waals surface area contributed by atoms with Crippen LogP contribution in [-0.4, -0.2) is 41.9 Å². The average molecular weight is 393 g/mol. The minimum Gasteiger partial charge on any atom is -0.480 e. The van der Waals surface area contributed by atoms with Crippen molar-refractivity contribution in [1.82, 2.24) is 4.90 Å². The number of nitrogens with one attached hydrogen (secondary N) is 1. The fraction of sp³-hybridized carbons (Fsp3) is 0.391. The Kier molecular flexibility index (Phi) is 5.53.